The number of fused-ring (bicyclic) bond motifs is 1. The molecule has 5 nitrogen and oxygen atoms in total. The normalized spacial score (nSPS) is 48.4. The Hall–Kier alpha value is -0.810. The summed E-state index contributed by atoms with van der Waals surface area (Å²) in [6.45, 7) is 1.72. The van der Waals surface area contributed by atoms with Crippen molar-refractivity contribution in [3.8, 4) is 0 Å². The van der Waals surface area contributed by atoms with Crippen LogP contribution < -0.4 is 0 Å². The van der Waals surface area contributed by atoms with Crippen LogP contribution in [-0.2, 0) is 14.2 Å². The Kier molecular flexibility index (Phi) is 1.30. The van der Waals surface area contributed by atoms with Crippen LogP contribution in [0.25, 0.3) is 0 Å². The minimum Gasteiger partial charge on any atom is -0.424 e. The smallest absolute Gasteiger partial charge is 0.424 e. The zero-order chi connectivity index (χ0) is 8.01. The summed E-state index contributed by atoms with van der Waals surface area (Å²) in [6.07, 6.45) is -3.15. The summed E-state index contributed by atoms with van der Waals surface area (Å²) < 4.78 is 14.3. The summed E-state index contributed by atoms with van der Waals surface area (Å²) in [5.74, 6) is 0. The second-order valence-corrected chi connectivity index (χ2v) is 2.65. The maximum atomic E-state index is 10.5. The van der Waals surface area contributed by atoms with Crippen molar-refractivity contribution in [1.82, 2.24) is 0 Å². The molecule has 0 aromatic heterocycles. The van der Waals surface area contributed by atoms with Crippen LogP contribution in [0, 0.1) is 0 Å². The molecule has 62 valence electrons. The van der Waals surface area contributed by atoms with Crippen molar-refractivity contribution in [3.05, 3.63) is 0 Å². The molecule has 0 spiro atoms. The molecule has 0 bridgehead atoms. The molecule has 2 heterocycles. The highest BCUT2D eigenvalue weighted by atomic mass is 16.8. The number of hydrogen-bond donors (Lipinski definition) is 1. The number of aliphatic hydroxyl groups is 1. The third-order valence-corrected chi connectivity index (χ3v) is 1.89. The van der Waals surface area contributed by atoms with E-state index in [9.17, 15) is 4.79 Å². The molecule has 0 aromatic rings. The van der Waals surface area contributed by atoms with Gasteiger partial charge in [0.1, 0.15) is 0 Å². The van der Waals surface area contributed by atoms with Gasteiger partial charge in [0.2, 0.25) is 0 Å². The predicted octanol–water partition coefficient (Wildman–Crippen LogP) is -0.373. The highest BCUT2D eigenvalue weighted by Crippen LogP contribution is 2.30. The standard InChI is InChI=1S/C6H8O5/c1-2-3-4(5(7)9-2)11-6(8)10-3/h2-5,7H,1H3. The molecular weight excluding hydrogens is 152 g/mol. The first kappa shape index (κ1) is 6.87. The molecule has 4 unspecified atom stereocenters. The summed E-state index contributed by atoms with van der Waals surface area (Å²) in [5.41, 5.74) is 0. The van der Waals surface area contributed by atoms with Crippen molar-refractivity contribution < 1.29 is 24.1 Å². The maximum Gasteiger partial charge on any atom is 0.509 e. The van der Waals surface area contributed by atoms with Gasteiger partial charge in [0.05, 0.1) is 6.10 Å². The van der Waals surface area contributed by atoms with Crippen LogP contribution >= 0.6 is 0 Å². The van der Waals surface area contributed by atoms with Crippen LogP contribution in [0.2, 0.25) is 0 Å². The lowest BCUT2D eigenvalue weighted by Crippen LogP contribution is -2.28. The van der Waals surface area contributed by atoms with Crippen LogP contribution in [0.3, 0.4) is 0 Å². The van der Waals surface area contributed by atoms with E-state index in [1.807, 2.05) is 0 Å². The summed E-state index contributed by atoms with van der Waals surface area (Å²) >= 11 is 0. The average Bonchev–Trinajstić information content (AvgIpc) is 2.38. The number of rotatable bonds is 0. The molecule has 0 aliphatic carbocycles. The minimum atomic E-state index is -1.04. The molecule has 2 rings (SSSR count). The molecule has 1 N–H and O–H groups in total. The molecule has 4 atom stereocenters. The van der Waals surface area contributed by atoms with Crippen molar-refractivity contribution in [2.45, 2.75) is 31.5 Å². The van der Waals surface area contributed by atoms with E-state index in [2.05, 4.69) is 4.74 Å². The summed E-state index contributed by atoms with van der Waals surface area (Å²) in [7, 11) is 0. The zero-order valence-corrected chi connectivity index (χ0v) is 5.89. The van der Waals surface area contributed by atoms with Crippen molar-refractivity contribution >= 4 is 6.16 Å². The fourth-order valence-corrected chi connectivity index (χ4v) is 1.34. The SMILES string of the molecule is CC1OC(O)C2OC(=O)OC12. The van der Waals surface area contributed by atoms with Gasteiger partial charge in [0.15, 0.2) is 18.5 Å². The van der Waals surface area contributed by atoms with E-state index < -0.39 is 24.7 Å². The molecule has 0 aromatic carbocycles. The number of ether oxygens (including phenoxy) is 3. The average molecular weight is 160 g/mol. The second kappa shape index (κ2) is 2.09. The first-order valence-electron chi connectivity index (χ1n) is 3.39. The van der Waals surface area contributed by atoms with Gasteiger partial charge in [-0.15, -0.1) is 0 Å². The molecular formula is C6H8O5. The first-order chi connectivity index (χ1) is 5.18. The fourth-order valence-electron chi connectivity index (χ4n) is 1.34. The number of carbonyl (C=O) groups excluding carboxylic acids is 1. The van der Waals surface area contributed by atoms with E-state index in [1.54, 1.807) is 6.92 Å². The minimum absolute atomic E-state index is 0.290. The van der Waals surface area contributed by atoms with Gasteiger partial charge >= 0.3 is 6.16 Å². The van der Waals surface area contributed by atoms with Crippen molar-refractivity contribution in [2.24, 2.45) is 0 Å². The van der Waals surface area contributed by atoms with Gasteiger partial charge in [-0.2, -0.15) is 0 Å². The third-order valence-electron chi connectivity index (χ3n) is 1.89. The molecule has 5 heteroatoms. The molecule has 0 saturated carbocycles. The van der Waals surface area contributed by atoms with Crippen molar-refractivity contribution in [3.63, 3.8) is 0 Å². The van der Waals surface area contributed by atoms with Crippen LogP contribution in [0.15, 0.2) is 0 Å². The van der Waals surface area contributed by atoms with E-state index in [0.29, 0.717) is 0 Å². The summed E-state index contributed by atoms with van der Waals surface area (Å²) in [4.78, 5) is 10.5. The molecule has 11 heavy (non-hydrogen) atoms. The third kappa shape index (κ3) is 0.883. The Morgan fingerprint density at radius 3 is 2.64 bits per heavy atom. The number of hydrogen-bond acceptors (Lipinski definition) is 5. The van der Waals surface area contributed by atoms with Crippen LogP contribution in [0.1, 0.15) is 6.92 Å². The lowest BCUT2D eigenvalue weighted by atomic mass is 10.2. The number of aliphatic hydroxyl groups excluding tert-OH is 1. The van der Waals surface area contributed by atoms with Crippen LogP contribution in [-0.4, -0.2) is 35.9 Å². The highest BCUT2D eigenvalue weighted by Gasteiger charge is 2.51. The predicted molar refractivity (Wildman–Crippen MR) is 31.7 cm³/mol. The molecule has 2 saturated heterocycles. The maximum absolute atomic E-state index is 10.5. The van der Waals surface area contributed by atoms with E-state index in [4.69, 9.17) is 14.6 Å². The van der Waals surface area contributed by atoms with Crippen LogP contribution in [0.4, 0.5) is 4.79 Å². The Morgan fingerprint density at radius 1 is 1.36 bits per heavy atom. The van der Waals surface area contributed by atoms with Crippen LogP contribution in [0.5, 0.6) is 0 Å². The zero-order valence-electron chi connectivity index (χ0n) is 5.89. The molecule has 0 radical (unpaired) electrons. The van der Waals surface area contributed by atoms with Gasteiger partial charge in [0.25, 0.3) is 0 Å². The molecule has 0 amide bonds. The Morgan fingerprint density at radius 2 is 2.00 bits per heavy atom. The lowest BCUT2D eigenvalue weighted by molar-refractivity contribution is -0.128. The van der Waals surface area contributed by atoms with Crippen molar-refractivity contribution in [2.75, 3.05) is 0 Å². The van der Waals surface area contributed by atoms with Gasteiger partial charge in [-0.05, 0) is 6.92 Å². The molecule has 2 aliphatic rings. The largest absolute Gasteiger partial charge is 0.509 e. The quantitative estimate of drug-likeness (QED) is 0.489. The van der Waals surface area contributed by atoms with E-state index >= 15 is 0 Å². The monoisotopic (exact) mass is 160 g/mol. The molecule has 2 aliphatic heterocycles. The molecule has 2 fully saturated rings. The topological polar surface area (TPSA) is 65.0 Å². The van der Waals surface area contributed by atoms with Gasteiger partial charge in [-0.25, -0.2) is 4.79 Å². The van der Waals surface area contributed by atoms with Gasteiger partial charge in [-0.1, -0.05) is 0 Å². The van der Waals surface area contributed by atoms with E-state index in [-0.39, 0.29) is 6.10 Å². The fraction of sp³-hybridized carbons (Fsp3) is 0.833. The lowest BCUT2D eigenvalue weighted by Gasteiger charge is -2.06. The van der Waals surface area contributed by atoms with E-state index in [0.717, 1.165) is 0 Å². The summed E-state index contributed by atoms with van der Waals surface area (Å²) in [6, 6.07) is 0. The van der Waals surface area contributed by atoms with Gasteiger partial charge < -0.3 is 19.3 Å². The van der Waals surface area contributed by atoms with Crippen molar-refractivity contribution in [1.29, 1.82) is 0 Å². The Bertz CT molecular complexity index is 173. The first-order valence-corrected chi connectivity index (χ1v) is 3.39. The Balaban J connectivity index is 2.16. The summed E-state index contributed by atoms with van der Waals surface area (Å²) in [5, 5.41) is 9.11. The number of carbonyl (C=O) groups is 1. The Labute approximate surface area is 62.8 Å². The van der Waals surface area contributed by atoms with E-state index in [1.165, 1.54) is 0 Å². The van der Waals surface area contributed by atoms with Gasteiger partial charge in [-0.3, -0.25) is 0 Å². The van der Waals surface area contributed by atoms with Gasteiger partial charge in [0, 0.05) is 0 Å². The highest BCUT2D eigenvalue weighted by molar-refractivity contribution is 5.63. The second-order valence-electron chi connectivity index (χ2n) is 2.65.